The normalized spacial score (nSPS) is 11.2. The first-order valence-corrected chi connectivity index (χ1v) is 6.72. The smallest absolute Gasteiger partial charge is 0.238 e. The minimum Gasteiger partial charge on any atom is -0.378 e. The van der Waals surface area contributed by atoms with Crippen LogP contribution in [0.3, 0.4) is 0 Å². The van der Waals surface area contributed by atoms with Gasteiger partial charge in [-0.05, 0) is 31.5 Å². The van der Waals surface area contributed by atoms with E-state index in [0.717, 1.165) is 11.3 Å². The molecule has 0 unspecified atom stereocenters. The molecule has 18 heavy (non-hydrogen) atoms. The first kappa shape index (κ1) is 15.0. The van der Waals surface area contributed by atoms with Crippen LogP contribution in [0.5, 0.6) is 0 Å². The molecule has 4 heteroatoms. The maximum atomic E-state index is 12.0. The third-order valence-electron chi connectivity index (χ3n) is 2.73. The number of amides is 1. The van der Waals surface area contributed by atoms with Crippen molar-refractivity contribution < 1.29 is 4.79 Å². The van der Waals surface area contributed by atoms with Gasteiger partial charge >= 0.3 is 0 Å². The predicted molar refractivity (Wildman–Crippen MR) is 80.2 cm³/mol. The van der Waals surface area contributed by atoms with Crippen LogP contribution in [0.2, 0.25) is 0 Å². The number of anilines is 1. The van der Waals surface area contributed by atoms with Crippen molar-refractivity contribution in [1.82, 2.24) is 4.90 Å². The molecule has 0 radical (unpaired) electrons. The van der Waals surface area contributed by atoms with Crippen molar-refractivity contribution >= 4 is 27.5 Å². The molecule has 0 aliphatic heterocycles. The van der Waals surface area contributed by atoms with Gasteiger partial charge in [0.25, 0.3) is 0 Å². The molecule has 0 spiro atoms. The highest BCUT2D eigenvalue weighted by atomic mass is 79.9. The first-order chi connectivity index (χ1) is 8.21. The third-order valence-corrected chi connectivity index (χ3v) is 3.07. The first-order valence-electron chi connectivity index (χ1n) is 5.92. The van der Waals surface area contributed by atoms with Gasteiger partial charge in [-0.25, -0.2) is 0 Å². The molecule has 0 saturated heterocycles. The largest absolute Gasteiger partial charge is 0.378 e. The summed E-state index contributed by atoms with van der Waals surface area (Å²) in [4.78, 5) is 15.8. The maximum Gasteiger partial charge on any atom is 0.238 e. The topological polar surface area (TPSA) is 23.6 Å². The van der Waals surface area contributed by atoms with Crippen LogP contribution >= 0.6 is 15.9 Å². The summed E-state index contributed by atoms with van der Waals surface area (Å²) in [6.45, 7) is 4.35. The molecule has 0 heterocycles. The average molecular weight is 313 g/mol. The molecular weight excluding hydrogens is 292 g/mol. The second-order valence-electron chi connectivity index (χ2n) is 5.19. The van der Waals surface area contributed by atoms with E-state index in [9.17, 15) is 4.79 Å². The fourth-order valence-corrected chi connectivity index (χ4v) is 2.00. The monoisotopic (exact) mass is 312 g/mol. The number of rotatable bonds is 4. The molecule has 0 fully saturated rings. The van der Waals surface area contributed by atoms with Gasteiger partial charge in [-0.1, -0.05) is 28.1 Å². The number of hydrogen-bond acceptors (Lipinski definition) is 2. The quantitative estimate of drug-likeness (QED) is 0.798. The van der Waals surface area contributed by atoms with Crippen molar-refractivity contribution in [2.24, 2.45) is 0 Å². The van der Waals surface area contributed by atoms with Crippen LogP contribution in [0, 0.1) is 0 Å². The van der Waals surface area contributed by atoms with E-state index in [2.05, 4.69) is 45.1 Å². The molecule has 1 aromatic rings. The molecule has 3 nitrogen and oxygen atoms in total. The Hall–Kier alpha value is -1.03. The molecule has 0 aliphatic rings. The Morgan fingerprint density at radius 2 is 1.67 bits per heavy atom. The van der Waals surface area contributed by atoms with Crippen LogP contribution in [-0.2, 0) is 11.3 Å². The van der Waals surface area contributed by atoms with Crippen LogP contribution in [0.15, 0.2) is 24.3 Å². The minimum absolute atomic E-state index is 0.0826. The number of hydrogen-bond donors (Lipinski definition) is 0. The highest BCUT2D eigenvalue weighted by molar-refractivity contribution is 9.10. The van der Waals surface area contributed by atoms with Gasteiger partial charge in [-0.15, -0.1) is 0 Å². The molecule has 1 aromatic carbocycles. The summed E-state index contributed by atoms with van der Waals surface area (Å²) in [6, 6.07) is 8.24. The van der Waals surface area contributed by atoms with Gasteiger partial charge in [0.15, 0.2) is 0 Å². The van der Waals surface area contributed by atoms with Gasteiger partial charge in [-0.2, -0.15) is 0 Å². The van der Waals surface area contributed by atoms with E-state index >= 15 is 0 Å². The maximum absolute atomic E-state index is 12.0. The standard InChI is InChI=1S/C14H21BrN2O/c1-14(2,15)13(18)17(5)10-11-6-8-12(9-7-11)16(3)4/h6-9H,10H2,1-5H3. The molecular formula is C14H21BrN2O. The van der Waals surface area contributed by atoms with Gasteiger partial charge in [0.1, 0.15) is 0 Å². The predicted octanol–water partition coefficient (Wildman–Crippen LogP) is 2.88. The van der Waals surface area contributed by atoms with Gasteiger partial charge in [0.2, 0.25) is 5.91 Å². The Labute approximate surface area is 118 Å². The number of carbonyl (C=O) groups is 1. The molecule has 0 aromatic heterocycles. The summed E-state index contributed by atoms with van der Waals surface area (Å²) in [7, 11) is 5.85. The van der Waals surface area contributed by atoms with Crippen molar-refractivity contribution in [3.8, 4) is 0 Å². The van der Waals surface area contributed by atoms with Crippen LogP contribution < -0.4 is 4.90 Å². The van der Waals surface area contributed by atoms with Crippen molar-refractivity contribution in [2.45, 2.75) is 24.7 Å². The molecule has 0 bridgehead atoms. The van der Waals surface area contributed by atoms with E-state index in [1.54, 1.807) is 4.90 Å². The Morgan fingerprint density at radius 3 is 2.06 bits per heavy atom. The zero-order valence-corrected chi connectivity index (χ0v) is 13.3. The zero-order chi connectivity index (χ0) is 13.9. The summed E-state index contributed by atoms with van der Waals surface area (Å²) in [5.74, 6) is 0.0826. The van der Waals surface area contributed by atoms with Gasteiger partial charge in [-0.3, -0.25) is 4.79 Å². The molecule has 1 rings (SSSR count). The van der Waals surface area contributed by atoms with Crippen molar-refractivity contribution in [1.29, 1.82) is 0 Å². The lowest BCUT2D eigenvalue weighted by atomic mass is 10.1. The number of alkyl halides is 1. The number of carbonyl (C=O) groups excluding carboxylic acids is 1. The summed E-state index contributed by atoms with van der Waals surface area (Å²) < 4.78 is -0.509. The number of halogens is 1. The lowest BCUT2D eigenvalue weighted by molar-refractivity contribution is -0.131. The van der Waals surface area contributed by atoms with E-state index in [1.807, 2.05) is 35.0 Å². The van der Waals surface area contributed by atoms with Crippen LogP contribution in [0.4, 0.5) is 5.69 Å². The summed E-state index contributed by atoms with van der Waals surface area (Å²) in [5, 5.41) is 0. The van der Waals surface area contributed by atoms with E-state index in [-0.39, 0.29) is 5.91 Å². The van der Waals surface area contributed by atoms with Gasteiger partial charge in [0.05, 0.1) is 4.32 Å². The minimum atomic E-state index is -0.509. The second-order valence-corrected chi connectivity index (χ2v) is 7.18. The molecule has 0 aliphatic carbocycles. The van der Waals surface area contributed by atoms with Crippen LogP contribution in [0.1, 0.15) is 19.4 Å². The lowest BCUT2D eigenvalue weighted by Gasteiger charge is -2.25. The Kier molecular flexibility index (Phi) is 4.79. The van der Waals surface area contributed by atoms with E-state index < -0.39 is 4.32 Å². The molecule has 0 saturated carbocycles. The van der Waals surface area contributed by atoms with Gasteiger partial charge in [0, 0.05) is 33.4 Å². The van der Waals surface area contributed by atoms with Crippen molar-refractivity contribution in [2.75, 3.05) is 26.0 Å². The summed E-state index contributed by atoms with van der Waals surface area (Å²) in [6.07, 6.45) is 0. The van der Waals surface area contributed by atoms with E-state index in [1.165, 1.54) is 0 Å². The van der Waals surface area contributed by atoms with Crippen LogP contribution in [-0.4, -0.2) is 36.3 Å². The molecule has 0 atom stereocenters. The fourth-order valence-electron chi connectivity index (χ4n) is 1.70. The lowest BCUT2D eigenvalue weighted by Crippen LogP contribution is -2.38. The average Bonchev–Trinajstić information content (AvgIpc) is 2.27. The fraction of sp³-hybridized carbons (Fsp3) is 0.500. The molecule has 1 amide bonds. The SMILES string of the molecule is CN(Cc1ccc(N(C)C)cc1)C(=O)C(C)(C)Br. The Bertz CT molecular complexity index is 407. The second kappa shape index (κ2) is 5.74. The Morgan fingerprint density at radius 1 is 1.17 bits per heavy atom. The van der Waals surface area contributed by atoms with Crippen molar-refractivity contribution in [3.05, 3.63) is 29.8 Å². The van der Waals surface area contributed by atoms with Gasteiger partial charge < -0.3 is 9.80 Å². The zero-order valence-electron chi connectivity index (χ0n) is 11.7. The van der Waals surface area contributed by atoms with Crippen molar-refractivity contribution in [3.63, 3.8) is 0 Å². The third kappa shape index (κ3) is 4.02. The number of benzene rings is 1. The highest BCUT2D eigenvalue weighted by Gasteiger charge is 2.26. The molecule has 100 valence electrons. The summed E-state index contributed by atoms with van der Waals surface area (Å²) in [5.41, 5.74) is 2.29. The Balaban J connectivity index is 2.71. The van der Waals surface area contributed by atoms with E-state index in [4.69, 9.17) is 0 Å². The summed E-state index contributed by atoms with van der Waals surface area (Å²) >= 11 is 3.39. The molecule has 0 N–H and O–H groups in total. The van der Waals surface area contributed by atoms with Crippen LogP contribution in [0.25, 0.3) is 0 Å². The number of nitrogens with zero attached hydrogens (tertiary/aromatic N) is 2. The van der Waals surface area contributed by atoms with E-state index in [0.29, 0.717) is 6.54 Å². The highest BCUT2D eigenvalue weighted by Crippen LogP contribution is 2.20.